The second kappa shape index (κ2) is 16.7. The summed E-state index contributed by atoms with van der Waals surface area (Å²) in [7, 11) is 3.03. The SMILES string of the molecule is CCC(CC)CNC(=O)Cn1cccc(NC(=O)C(CCCC(OC(C)=O)C(=O)NC)NC(=O)c2cncn2C)c1=O. The molecule has 230 valence electrons. The molecule has 42 heavy (non-hydrogen) atoms. The highest BCUT2D eigenvalue weighted by molar-refractivity contribution is 6.00. The summed E-state index contributed by atoms with van der Waals surface area (Å²) < 4.78 is 7.74. The quantitative estimate of drug-likeness (QED) is 0.207. The van der Waals surface area contributed by atoms with E-state index in [0.29, 0.717) is 12.5 Å². The summed E-state index contributed by atoms with van der Waals surface area (Å²) in [4.78, 5) is 79.2. The van der Waals surface area contributed by atoms with E-state index in [1.54, 1.807) is 7.05 Å². The number of anilines is 1. The largest absolute Gasteiger partial charge is 0.452 e. The predicted molar refractivity (Wildman–Crippen MR) is 154 cm³/mol. The summed E-state index contributed by atoms with van der Waals surface area (Å²) in [6, 6.07) is 1.81. The fourth-order valence-corrected chi connectivity index (χ4v) is 4.21. The molecule has 0 aromatic carbocycles. The number of imidazole rings is 1. The summed E-state index contributed by atoms with van der Waals surface area (Å²) in [5, 5.41) is 10.5. The van der Waals surface area contributed by atoms with E-state index in [1.165, 1.54) is 54.0 Å². The molecule has 0 aliphatic carbocycles. The van der Waals surface area contributed by atoms with Gasteiger partial charge in [-0.05, 0) is 37.3 Å². The first-order valence-electron chi connectivity index (χ1n) is 13.9. The Morgan fingerprint density at radius 2 is 1.79 bits per heavy atom. The highest BCUT2D eigenvalue weighted by Crippen LogP contribution is 2.12. The number of esters is 1. The van der Waals surface area contributed by atoms with E-state index in [9.17, 15) is 28.8 Å². The third kappa shape index (κ3) is 10.2. The number of carbonyl (C=O) groups is 5. The normalized spacial score (nSPS) is 12.2. The molecule has 2 atom stereocenters. The summed E-state index contributed by atoms with van der Waals surface area (Å²) >= 11 is 0. The van der Waals surface area contributed by atoms with Crippen molar-refractivity contribution in [3.8, 4) is 0 Å². The first-order chi connectivity index (χ1) is 20.0. The smallest absolute Gasteiger partial charge is 0.303 e. The van der Waals surface area contributed by atoms with Gasteiger partial charge >= 0.3 is 5.97 Å². The number of nitrogens with one attached hydrogen (secondary N) is 4. The Labute approximate surface area is 244 Å². The summed E-state index contributed by atoms with van der Waals surface area (Å²) in [5.74, 6) is -2.37. The average molecular weight is 588 g/mol. The molecule has 0 aliphatic heterocycles. The van der Waals surface area contributed by atoms with Crippen LogP contribution in [0.1, 0.15) is 63.4 Å². The topological polar surface area (TPSA) is 183 Å². The molecular weight excluding hydrogens is 546 g/mol. The molecule has 4 amide bonds. The number of amides is 4. The molecule has 2 heterocycles. The highest BCUT2D eigenvalue weighted by atomic mass is 16.5. The number of nitrogens with zero attached hydrogens (tertiary/aromatic N) is 3. The van der Waals surface area contributed by atoms with Gasteiger partial charge in [0.2, 0.25) is 11.8 Å². The lowest BCUT2D eigenvalue weighted by atomic mass is 10.0. The maximum Gasteiger partial charge on any atom is 0.303 e. The van der Waals surface area contributed by atoms with Crippen LogP contribution in [0.15, 0.2) is 35.6 Å². The number of rotatable bonds is 16. The molecule has 14 heteroatoms. The molecule has 0 radical (unpaired) electrons. The fourth-order valence-electron chi connectivity index (χ4n) is 4.21. The number of ether oxygens (including phenoxy) is 1. The Morgan fingerprint density at radius 3 is 2.38 bits per heavy atom. The van der Waals surface area contributed by atoms with Gasteiger partial charge in [-0.1, -0.05) is 26.7 Å². The molecule has 2 aromatic heterocycles. The van der Waals surface area contributed by atoms with E-state index in [4.69, 9.17) is 4.74 Å². The van der Waals surface area contributed by atoms with Crippen molar-refractivity contribution in [3.05, 3.63) is 46.9 Å². The van der Waals surface area contributed by atoms with Crippen molar-refractivity contribution in [2.24, 2.45) is 13.0 Å². The van der Waals surface area contributed by atoms with Crippen LogP contribution in [-0.2, 0) is 37.5 Å². The molecule has 2 aromatic rings. The van der Waals surface area contributed by atoms with Crippen LogP contribution in [0.4, 0.5) is 5.69 Å². The number of aryl methyl sites for hydroxylation is 1. The lowest BCUT2D eigenvalue weighted by Gasteiger charge is -2.20. The second-order valence-electron chi connectivity index (χ2n) is 9.89. The van der Waals surface area contributed by atoms with Gasteiger partial charge in [0.05, 0.1) is 12.5 Å². The third-order valence-corrected chi connectivity index (χ3v) is 6.81. The zero-order chi connectivity index (χ0) is 31.2. The minimum absolute atomic E-state index is 0.0592. The van der Waals surface area contributed by atoms with Crippen LogP contribution in [0.3, 0.4) is 0 Å². The van der Waals surface area contributed by atoms with Gasteiger partial charge in [-0.25, -0.2) is 4.98 Å². The maximum absolute atomic E-state index is 13.3. The van der Waals surface area contributed by atoms with Gasteiger partial charge in [0.25, 0.3) is 17.4 Å². The number of pyridine rings is 1. The van der Waals surface area contributed by atoms with Gasteiger partial charge in [0, 0.05) is 33.8 Å². The van der Waals surface area contributed by atoms with E-state index < -0.39 is 41.4 Å². The summed E-state index contributed by atoms with van der Waals surface area (Å²) in [5.41, 5.74) is -0.453. The molecule has 0 bridgehead atoms. The Hall–Kier alpha value is -4.49. The number of aromatic nitrogens is 3. The van der Waals surface area contributed by atoms with Gasteiger partial charge in [0.15, 0.2) is 6.10 Å². The van der Waals surface area contributed by atoms with Crippen LogP contribution in [0.5, 0.6) is 0 Å². The fraction of sp³-hybridized carbons (Fsp3) is 0.536. The Kier molecular flexibility index (Phi) is 13.4. The van der Waals surface area contributed by atoms with Crippen LogP contribution in [-0.4, -0.2) is 69.5 Å². The Bertz CT molecular complexity index is 1300. The van der Waals surface area contributed by atoms with Gasteiger partial charge < -0.3 is 35.1 Å². The van der Waals surface area contributed by atoms with E-state index in [0.717, 1.165) is 12.8 Å². The monoisotopic (exact) mass is 587 g/mol. The van der Waals surface area contributed by atoms with Crippen LogP contribution in [0, 0.1) is 5.92 Å². The van der Waals surface area contributed by atoms with Gasteiger partial charge in [0.1, 0.15) is 24.0 Å². The first kappa shape index (κ1) is 33.7. The molecular formula is C28H41N7O7. The minimum Gasteiger partial charge on any atom is -0.452 e. The van der Waals surface area contributed by atoms with Crippen molar-refractivity contribution in [3.63, 3.8) is 0 Å². The van der Waals surface area contributed by atoms with Crippen LogP contribution >= 0.6 is 0 Å². The number of carbonyl (C=O) groups excluding carboxylic acids is 5. The zero-order valence-corrected chi connectivity index (χ0v) is 24.8. The zero-order valence-electron chi connectivity index (χ0n) is 24.8. The van der Waals surface area contributed by atoms with E-state index >= 15 is 0 Å². The van der Waals surface area contributed by atoms with Crippen molar-refractivity contribution in [1.82, 2.24) is 30.1 Å². The lowest BCUT2D eigenvalue weighted by molar-refractivity contribution is -0.154. The molecule has 0 saturated heterocycles. The Morgan fingerprint density at radius 1 is 1.07 bits per heavy atom. The van der Waals surface area contributed by atoms with Crippen molar-refractivity contribution in [2.75, 3.05) is 18.9 Å². The van der Waals surface area contributed by atoms with Crippen molar-refractivity contribution in [2.45, 2.75) is 71.6 Å². The van der Waals surface area contributed by atoms with Gasteiger partial charge in [-0.2, -0.15) is 0 Å². The third-order valence-electron chi connectivity index (χ3n) is 6.81. The summed E-state index contributed by atoms with van der Waals surface area (Å²) in [6.45, 7) is 5.56. The van der Waals surface area contributed by atoms with Gasteiger partial charge in [-0.3, -0.25) is 28.8 Å². The number of hydrogen-bond donors (Lipinski definition) is 4. The van der Waals surface area contributed by atoms with E-state index in [2.05, 4.69) is 26.3 Å². The van der Waals surface area contributed by atoms with Crippen LogP contribution in [0.25, 0.3) is 0 Å². The van der Waals surface area contributed by atoms with Crippen LogP contribution < -0.4 is 26.8 Å². The second-order valence-corrected chi connectivity index (χ2v) is 9.89. The average Bonchev–Trinajstić information content (AvgIpc) is 3.39. The molecule has 2 rings (SSSR count). The van der Waals surface area contributed by atoms with Crippen molar-refractivity contribution in [1.29, 1.82) is 0 Å². The molecule has 0 fully saturated rings. The van der Waals surface area contributed by atoms with Gasteiger partial charge in [-0.15, -0.1) is 0 Å². The Balaban J connectivity index is 2.18. The first-order valence-corrected chi connectivity index (χ1v) is 13.9. The molecule has 4 N–H and O–H groups in total. The van der Waals surface area contributed by atoms with Crippen molar-refractivity contribution < 1.29 is 28.7 Å². The van der Waals surface area contributed by atoms with E-state index in [1.807, 2.05) is 13.8 Å². The number of likely N-dealkylation sites (N-methyl/N-ethyl adjacent to an activating group) is 1. The molecule has 0 spiro atoms. The molecule has 2 unspecified atom stereocenters. The highest BCUT2D eigenvalue weighted by Gasteiger charge is 2.26. The lowest BCUT2D eigenvalue weighted by Crippen LogP contribution is -2.45. The number of hydrogen-bond acceptors (Lipinski definition) is 8. The minimum atomic E-state index is -1.12. The predicted octanol–water partition coefficient (Wildman–Crippen LogP) is 0.719. The molecule has 0 aliphatic rings. The molecule has 14 nitrogen and oxygen atoms in total. The van der Waals surface area contributed by atoms with Crippen LogP contribution in [0.2, 0.25) is 0 Å². The van der Waals surface area contributed by atoms with E-state index in [-0.39, 0.29) is 43.1 Å². The summed E-state index contributed by atoms with van der Waals surface area (Å²) in [6.07, 6.45) is 5.37. The standard InChI is InChI=1S/C28H41N7O7/c1-6-19(7-2)14-31-24(37)16-35-13-9-11-21(28(35)41)33-25(38)20(32-26(39)22-15-30-17-34(22)5)10-8-12-23(27(40)29-4)42-18(3)36/h9,11,13,15,17,19-20,23H,6-8,10,12,14,16H2,1-5H3,(H,29,40)(H,31,37)(H,32,39)(H,33,38). The molecule has 0 saturated carbocycles. The maximum atomic E-state index is 13.3. The van der Waals surface area contributed by atoms with Crippen molar-refractivity contribution >= 4 is 35.3 Å².